The summed E-state index contributed by atoms with van der Waals surface area (Å²) in [5.74, 6) is -1.94. The van der Waals surface area contributed by atoms with Crippen LogP contribution in [0.5, 0.6) is 5.75 Å². The van der Waals surface area contributed by atoms with Crippen LogP contribution in [0.1, 0.15) is 70.8 Å². The lowest BCUT2D eigenvalue weighted by molar-refractivity contribution is -0.0500. The molecule has 3 heterocycles. The van der Waals surface area contributed by atoms with Crippen LogP contribution in [0, 0.1) is 0 Å². The summed E-state index contributed by atoms with van der Waals surface area (Å²) in [6, 6.07) is 0. The minimum Gasteiger partial charge on any atom is -0.443 e. The number of ether oxygens (including phenoxy) is 1. The van der Waals surface area contributed by atoms with Gasteiger partial charge in [-0.3, -0.25) is 4.79 Å². The molecule has 0 saturated heterocycles. The molecule has 2 aromatic rings. The van der Waals surface area contributed by atoms with Crippen LogP contribution >= 0.6 is 11.8 Å². The number of rotatable bonds is 7. The molecule has 0 N–H and O–H groups in total. The van der Waals surface area contributed by atoms with Gasteiger partial charge in [-0.05, 0) is 39.9 Å². The first-order valence-corrected chi connectivity index (χ1v) is 14.2. The first-order chi connectivity index (χ1) is 17.0. The average Bonchev–Trinajstić information content (AvgIpc) is 3.08. The molecule has 0 aromatic carbocycles. The van der Waals surface area contributed by atoms with Crippen molar-refractivity contribution >= 4 is 44.9 Å². The lowest BCUT2D eigenvalue weighted by Crippen LogP contribution is -2.56. The number of carbonyl (C=O) groups excluding carboxylic acids is 2. The van der Waals surface area contributed by atoms with Gasteiger partial charge < -0.3 is 13.5 Å². The molecule has 2 aromatic heterocycles. The smallest absolute Gasteiger partial charge is 0.443 e. The van der Waals surface area contributed by atoms with E-state index in [4.69, 9.17) is 4.74 Å². The lowest BCUT2D eigenvalue weighted by Gasteiger charge is -2.44. The third-order valence-electron chi connectivity index (χ3n) is 5.72. The number of nitrogens with zero attached hydrogens (tertiary/aromatic N) is 4. The molecular weight excluding hydrogens is 537 g/mol. The Morgan fingerprint density at radius 1 is 1.19 bits per heavy atom. The van der Waals surface area contributed by atoms with Crippen molar-refractivity contribution in [2.75, 3.05) is 12.8 Å². The van der Waals surface area contributed by atoms with Crippen LogP contribution in [0.4, 0.5) is 18.0 Å². The Morgan fingerprint density at radius 3 is 2.27 bits per heavy atom. The average molecular weight is 567 g/mol. The van der Waals surface area contributed by atoms with E-state index in [9.17, 15) is 31.2 Å². The number of fused-ring (bicyclic) bond motifs is 3. The standard InChI is InChI=1S/C22H29F3N4O6S2/c1-7-9-21(10-8-2)12-28(19(31)34-20(3,4)5)17(30)14-15(35-37(32,33)22(23,24)25)13-11-26-18(36-6)27-16(13)29(14)21/h11H,7-10,12H2,1-6H3. The van der Waals surface area contributed by atoms with Crippen LogP contribution in [-0.2, 0) is 20.4 Å². The van der Waals surface area contributed by atoms with Crippen LogP contribution < -0.4 is 4.18 Å². The van der Waals surface area contributed by atoms with Crippen LogP contribution in [0.3, 0.4) is 0 Å². The highest BCUT2D eigenvalue weighted by molar-refractivity contribution is 7.98. The fraction of sp³-hybridized carbons (Fsp3) is 0.636. The fourth-order valence-corrected chi connectivity index (χ4v) is 5.30. The number of aromatic nitrogens is 3. The quantitative estimate of drug-likeness (QED) is 0.196. The van der Waals surface area contributed by atoms with Gasteiger partial charge in [0, 0.05) is 6.20 Å². The number of alkyl halides is 3. The zero-order valence-electron chi connectivity index (χ0n) is 21.3. The number of hydrogen-bond donors (Lipinski definition) is 0. The second-order valence-corrected chi connectivity index (χ2v) is 12.0. The normalized spacial score (nSPS) is 16.1. The van der Waals surface area contributed by atoms with Crippen molar-refractivity contribution < 1.29 is 40.1 Å². The van der Waals surface area contributed by atoms with E-state index in [-0.39, 0.29) is 22.7 Å². The predicted octanol–water partition coefficient (Wildman–Crippen LogP) is 5.07. The van der Waals surface area contributed by atoms with Crippen LogP contribution in [0.2, 0.25) is 0 Å². The van der Waals surface area contributed by atoms with Gasteiger partial charge in [-0.2, -0.15) is 21.6 Å². The van der Waals surface area contributed by atoms with E-state index in [0.29, 0.717) is 25.7 Å². The second kappa shape index (κ2) is 9.97. The Hall–Kier alpha value is -2.55. The Morgan fingerprint density at radius 2 is 1.78 bits per heavy atom. The van der Waals surface area contributed by atoms with Crippen molar-refractivity contribution in [2.45, 2.75) is 82.1 Å². The molecule has 0 saturated carbocycles. The first-order valence-electron chi connectivity index (χ1n) is 11.5. The number of thioether (sulfide) groups is 1. The van der Waals surface area contributed by atoms with Gasteiger partial charge in [0.15, 0.2) is 16.6 Å². The monoisotopic (exact) mass is 566 g/mol. The molecule has 1 aliphatic rings. The molecule has 0 radical (unpaired) electrons. The molecule has 0 aliphatic carbocycles. The second-order valence-electron chi connectivity index (χ2n) is 9.69. The zero-order valence-corrected chi connectivity index (χ0v) is 22.9. The summed E-state index contributed by atoms with van der Waals surface area (Å²) >= 11 is 1.16. The molecule has 0 spiro atoms. The Bertz CT molecular complexity index is 1310. The summed E-state index contributed by atoms with van der Waals surface area (Å²) in [4.78, 5) is 36.1. The fourth-order valence-electron chi connectivity index (χ4n) is 4.48. The van der Waals surface area contributed by atoms with Crippen molar-refractivity contribution in [3.8, 4) is 5.75 Å². The lowest BCUT2D eigenvalue weighted by atomic mass is 9.85. The van der Waals surface area contributed by atoms with Gasteiger partial charge in [-0.25, -0.2) is 19.7 Å². The number of amides is 2. The Kier molecular flexibility index (Phi) is 7.81. The topological polar surface area (TPSA) is 121 Å². The molecule has 10 nitrogen and oxygen atoms in total. The maximum Gasteiger partial charge on any atom is 0.534 e. The highest BCUT2D eigenvalue weighted by Gasteiger charge is 2.53. The molecule has 0 bridgehead atoms. The van der Waals surface area contributed by atoms with E-state index < -0.39 is 50.2 Å². The van der Waals surface area contributed by atoms with E-state index in [1.54, 1.807) is 27.0 Å². The van der Waals surface area contributed by atoms with Crippen molar-refractivity contribution in [2.24, 2.45) is 0 Å². The molecule has 1 aliphatic heterocycles. The van der Waals surface area contributed by atoms with E-state index >= 15 is 0 Å². The number of halogens is 3. The number of hydrogen-bond acceptors (Lipinski definition) is 9. The van der Waals surface area contributed by atoms with Crippen molar-refractivity contribution in [3.05, 3.63) is 11.9 Å². The SMILES string of the molecule is CCCC1(CCC)CN(C(=O)OC(C)(C)C)C(=O)c2c(OS(=O)(=O)C(F)(F)F)c3cnc(SC)nc3n21. The van der Waals surface area contributed by atoms with E-state index in [1.165, 1.54) is 4.57 Å². The van der Waals surface area contributed by atoms with Gasteiger partial charge in [0.2, 0.25) is 0 Å². The molecule has 15 heteroatoms. The summed E-state index contributed by atoms with van der Waals surface area (Å²) in [6.45, 7) is 8.42. The minimum atomic E-state index is -6.17. The van der Waals surface area contributed by atoms with Gasteiger partial charge in [0.1, 0.15) is 11.2 Å². The maximum atomic E-state index is 13.7. The highest BCUT2D eigenvalue weighted by Crippen LogP contribution is 2.46. The maximum absolute atomic E-state index is 13.7. The van der Waals surface area contributed by atoms with E-state index in [2.05, 4.69) is 14.2 Å². The highest BCUT2D eigenvalue weighted by atomic mass is 32.2. The van der Waals surface area contributed by atoms with Crippen molar-refractivity contribution in [1.29, 1.82) is 0 Å². The first kappa shape index (κ1) is 29.0. The van der Waals surface area contributed by atoms with E-state index in [1.807, 2.05) is 13.8 Å². The predicted molar refractivity (Wildman–Crippen MR) is 130 cm³/mol. The summed E-state index contributed by atoms with van der Waals surface area (Å²) in [5.41, 5.74) is -8.25. The summed E-state index contributed by atoms with van der Waals surface area (Å²) in [6.07, 6.45) is 3.75. The molecular formula is C22H29F3N4O6S2. The van der Waals surface area contributed by atoms with Gasteiger partial charge in [-0.1, -0.05) is 38.5 Å². The molecule has 3 rings (SSSR count). The van der Waals surface area contributed by atoms with Gasteiger partial charge in [0.05, 0.1) is 17.5 Å². The summed E-state index contributed by atoms with van der Waals surface area (Å²) in [7, 11) is -6.17. The van der Waals surface area contributed by atoms with Crippen LogP contribution in [0.25, 0.3) is 11.0 Å². The molecule has 0 atom stereocenters. The molecule has 206 valence electrons. The van der Waals surface area contributed by atoms with Crippen LogP contribution in [-0.4, -0.2) is 63.8 Å². The van der Waals surface area contributed by atoms with Gasteiger partial charge in [-0.15, -0.1) is 0 Å². The van der Waals surface area contributed by atoms with Crippen LogP contribution in [0.15, 0.2) is 11.4 Å². The summed E-state index contributed by atoms with van der Waals surface area (Å²) < 4.78 is 75.6. The molecule has 37 heavy (non-hydrogen) atoms. The minimum absolute atomic E-state index is 0.0424. The van der Waals surface area contributed by atoms with E-state index in [0.717, 1.165) is 22.9 Å². The van der Waals surface area contributed by atoms with Crippen molar-refractivity contribution in [3.63, 3.8) is 0 Å². The zero-order chi connectivity index (χ0) is 28.0. The summed E-state index contributed by atoms with van der Waals surface area (Å²) in [5, 5.41) is 0.0542. The third kappa shape index (κ3) is 5.38. The molecule has 2 amide bonds. The third-order valence-corrected chi connectivity index (χ3v) is 7.23. The Labute approximate surface area is 217 Å². The van der Waals surface area contributed by atoms with Gasteiger partial charge in [0.25, 0.3) is 5.91 Å². The molecule has 0 unspecified atom stereocenters. The number of carbonyl (C=O) groups is 2. The van der Waals surface area contributed by atoms with Crippen molar-refractivity contribution in [1.82, 2.24) is 19.4 Å². The number of imide groups is 1. The molecule has 0 fully saturated rings. The Balaban J connectivity index is 2.43. The largest absolute Gasteiger partial charge is 0.534 e. The van der Waals surface area contributed by atoms with Gasteiger partial charge >= 0.3 is 21.7 Å².